The van der Waals surface area contributed by atoms with Crippen LogP contribution >= 0.6 is 0 Å². The van der Waals surface area contributed by atoms with Gasteiger partial charge in [0.2, 0.25) is 0 Å². The Morgan fingerprint density at radius 3 is 2.68 bits per heavy atom. The van der Waals surface area contributed by atoms with E-state index in [0.717, 1.165) is 16.9 Å². The molecule has 8 heteroatoms. The number of aryl methyl sites for hydroxylation is 1. The second-order valence-corrected chi connectivity index (χ2v) is 6.27. The number of nitrogens with one attached hydrogen (secondary N) is 1. The fraction of sp³-hybridized carbons (Fsp3) is 0.200. The Morgan fingerprint density at radius 2 is 2.00 bits per heavy atom. The molecule has 0 saturated heterocycles. The summed E-state index contributed by atoms with van der Waals surface area (Å²) >= 11 is 0. The number of benzene rings is 2. The molecule has 0 aliphatic rings. The number of aromatic nitrogens is 2. The van der Waals surface area contributed by atoms with Crippen molar-refractivity contribution in [1.29, 1.82) is 0 Å². The molecule has 2 aromatic carbocycles. The third kappa shape index (κ3) is 4.35. The molecule has 0 bridgehead atoms. The highest BCUT2D eigenvalue weighted by atomic mass is 16.6. The Balaban J connectivity index is 1.61. The normalized spacial score (nSPS) is 10.5. The van der Waals surface area contributed by atoms with E-state index < -0.39 is 4.92 Å². The first-order valence-corrected chi connectivity index (χ1v) is 8.69. The van der Waals surface area contributed by atoms with Gasteiger partial charge in [-0.1, -0.05) is 17.7 Å². The van der Waals surface area contributed by atoms with Gasteiger partial charge in [-0.15, -0.1) is 0 Å². The lowest BCUT2D eigenvalue weighted by Gasteiger charge is -2.10. The van der Waals surface area contributed by atoms with Crippen molar-refractivity contribution >= 4 is 11.6 Å². The zero-order valence-electron chi connectivity index (χ0n) is 15.6. The second kappa shape index (κ2) is 8.34. The Hall–Kier alpha value is -3.68. The number of non-ortho nitro benzene ring substituents is 1. The van der Waals surface area contributed by atoms with Gasteiger partial charge in [0.1, 0.15) is 5.75 Å². The maximum Gasteiger partial charge on any atom is 0.269 e. The highest BCUT2D eigenvalue weighted by Crippen LogP contribution is 2.20. The Morgan fingerprint density at radius 1 is 1.25 bits per heavy atom. The predicted octanol–water partition coefficient (Wildman–Crippen LogP) is 3.07. The number of hydrogen-bond donors (Lipinski definition) is 1. The molecule has 3 aromatic rings. The van der Waals surface area contributed by atoms with Crippen LogP contribution in [-0.4, -0.2) is 34.3 Å². The van der Waals surface area contributed by atoms with E-state index in [4.69, 9.17) is 4.74 Å². The smallest absolute Gasteiger partial charge is 0.269 e. The number of carbonyl (C=O) groups excluding carboxylic acids is 1. The van der Waals surface area contributed by atoms with Crippen molar-refractivity contribution in [1.82, 2.24) is 15.1 Å². The van der Waals surface area contributed by atoms with Gasteiger partial charge in [-0.25, -0.2) is 4.68 Å². The van der Waals surface area contributed by atoms with Gasteiger partial charge < -0.3 is 10.1 Å². The summed E-state index contributed by atoms with van der Waals surface area (Å²) in [6.45, 7) is 2.47. The number of rotatable bonds is 7. The molecule has 0 atom stereocenters. The maximum atomic E-state index is 12.4. The minimum absolute atomic E-state index is 0.000416. The molecule has 1 heterocycles. The molecule has 8 nitrogen and oxygen atoms in total. The number of nitrogens with zero attached hydrogens (tertiary/aromatic N) is 3. The quantitative estimate of drug-likeness (QED) is 0.502. The highest BCUT2D eigenvalue weighted by Gasteiger charge is 2.11. The monoisotopic (exact) mass is 380 g/mol. The molecule has 0 radical (unpaired) electrons. The molecule has 0 saturated carbocycles. The summed E-state index contributed by atoms with van der Waals surface area (Å²) in [6.07, 6.45) is 3.70. The second-order valence-electron chi connectivity index (χ2n) is 6.27. The summed E-state index contributed by atoms with van der Waals surface area (Å²) in [7, 11) is 1.62. The van der Waals surface area contributed by atoms with Crippen molar-refractivity contribution < 1.29 is 14.5 Å². The number of nitro groups is 1. The number of nitro benzene ring substituents is 1. The van der Waals surface area contributed by atoms with Gasteiger partial charge in [0.25, 0.3) is 11.6 Å². The Kier molecular flexibility index (Phi) is 5.69. The summed E-state index contributed by atoms with van der Waals surface area (Å²) in [5.74, 6) is 0.561. The van der Waals surface area contributed by atoms with Gasteiger partial charge in [-0.3, -0.25) is 14.9 Å². The van der Waals surface area contributed by atoms with Crippen molar-refractivity contribution in [3.05, 3.63) is 81.7 Å². The van der Waals surface area contributed by atoms with E-state index in [1.807, 2.05) is 25.1 Å². The fourth-order valence-corrected chi connectivity index (χ4v) is 2.82. The summed E-state index contributed by atoms with van der Waals surface area (Å²) in [4.78, 5) is 22.6. The van der Waals surface area contributed by atoms with Crippen LogP contribution in [0.5, 0.6) is 5.75 Å². The Labute approximate surface area is 161 Å². The van der Waals surface area contributed by atoms with Crippen LogP contribution in [0.15, 0.2) is 54.9 Å². The molecule has 144 valence electrons. The molecule has 3 rings (SSSR count). The lowest BCUT2D eigenvalue weighted by molar-refractivity contribution is -0.384. The number of methoxy groups -OCH3 is 1. The van der Waals surface area contributed by atoms with Crippen molar-refractivity contribution in [3.8, 4) is 11.4 Å². The van der Waals surface area contributed by atoms with Crippen LogP contribution in [0.4, 0.5) is 5.69 Å². The van der Waals surface area contributed by atoms with E-state index in [9.17, 15) is 14.9 Å². The van der Waals surface area contributed by atoms with E-state index in [2.05, 4.69) is 10.4 Å². The molecular weight excluding hydrogens is 360 g/mol. The minimum Gasteiger partial charge on any atom is -0.496 e. The average molecular weight is 380 g/mol. The summed E-state index contributed by atoms with van der Waals surface area (Å²) in [5.41, 5.74) is 3.21. The molecule has 0 fully saturated rings. The summed E-state index contributed by atoms with van der Waals surface area (Å²) in [5, 5.41) is 17.7. The van der Waals surface area contributed by atoms with Crippen LogP contribution in [0, 0.1) is 17.0 Å². The molecule has 1 aromatic heterocycles. The fourth-order valence-electron chi connectivity index (χ4n) is 2.82. The minimum atomic E-state index is -0.463. The predicted molar refractivity (Wildman–Crippen MR) is 104 cm³/mol. The molecule has 0 spiro atoms. The van der Waals surface area contributed by atoms with E-state index in [1.165, 1.54) is 23.0 Å². The summed E-state index contributed by atoms with van der Waals surface area (Å²) < 4.78 is 6.85. The van der Waals surface area contributed by atoms with Crippen LogP contribution in [-0.2, 0) is 6.42 Å². The molecule has 1 N–H and O–H groups in total. The average Bonchev–Trinajstić information content (AvgIpc) is 3.18. The van der Waals surface area contributed by atoms with Crippen molar-refractivity contribution in [2.75, 3.05) is 13.7 Å². The topological polar surface area (TPSA) is 99.3 Å². The Bertz CT molecular complexity index is 996. The van der Waals surface area contributed by atoms with Gasteiger partial charge in [-0.2, -0.15) is 5.10 Å². The maximum absolute atomic E-state index is 12.4. The van der Waals surface area contributed by atoms with Crippen LogP contribution in [0.1, 0.15) is 21.5 Å². The first-order chi connectivity index (χ1) is 13.5. The number of carbonyl (C=O) groups is 1. The molecule has 0 aliphatic heterocycles. The lowest BCUT2D eigenvalue weighted by Crippen LogP contribution is -2.25. The number of ether oxygens (including phenoxy) is 1. The molecule has 0 aliphatic carbocycles. The van der Waals surface area contributed by atoms with E-state index in [1.54, 1.807) is 25.4 Å². The molecule has 1 amide bonds. The molecular formula is C20H20N4O4. The first-order valence-electron chi connectivity index (χ1n) is 8.69. The van der Waals surface area contributed by atoms with Crippen LogP contribution in [0.25, 0.3) is 5.69 Å². The van der Waals surface area contributed by atoms with Crippen molar-refractivity contribution in [2.24, 2.45) is 0 Å². The van der Waals surface area contributed by atoms with Crippen LogP contribution in [0.3, 0.4) is 0 Å². The van der Waals surface area contributed by atoms with Gasteiger partial charge in [-0.05, 0) is 37.1 Å². The van der Waals surface area contributed by atoms with Crippen LogP contribution in [0.2, 0.25) is 0 Å². The highest BCUT2D eigenvalue weighted by molar-refractivity contribution is 5.93. The van der Waals surface area contributed by atoms with Crippen molar-refractivity contribution in [2.45, 2.75) is 13.3 Å². The van der Waals surface area contributed by atoms with Gasteiger partial charge >= 0.3 is 0 Å². The van der Waals surface area contributed by atoms with Gasteiger partial charge in [0.05, 0.1) is 29.5 Å². The SMILES string of the molecule is COc1ccc(C)cc1CCNC(=O)c1cnn(-c2ccc([N+](=O)[O-])cc2)c1. The van der Waals surface area contributed by atoms with E-state index >= 15 is 0 Å². The van der Waals surface area contributed by atoms with E-state index in [-0.39, 0.29) is 11.6 Å². The third-order valence-electron chi connectivity index (χ3n) is 4.29. The van der Waals surface area contributed by atoms with Gasteiger partial charge in [0.15, 0.2) is 0 Å². The van der Waals surface area contributed by atoms with Crippen molar-refractivity contribution in [3.63, 3.8) is 0 Å². The standard InChI is InChI=1S/C20H20N4O4/c1-14-3-8-19(28-2)15(11-14)9-10-21-20(25)16-12-22-23(13-16)17-4-6-18(7-5-17)24(26)27/h3-8,11-13H,9-10H2,1-2H3,(H,21,25). The van der Waals surface area contributed by atoms with Gasteiger partial charge in [0, 0.05) is 24.9 Å². The largest absolute Gasteiger partial charge is 0.496 e. The molecule has 0 unspecified atom stereocenters. The zero-order valence-corrected chi connectivity index (χ0v) is 15.6. The molecule has 28 heavy (non-hydrogen) atoms. The lowest BCUT2D eigenvalue weighted by atomic mass is 10.1. The zero-order chi connectivity index (χ0) is 20.1. The first kappa shape index (κ1) is 19.1. The van der Waals surface area contributed by atoms with E-state index in [0.29, 0.717) is 24.2 Å². The number of amides is 1. The third-order valence-corrected chi connectivity index (χ3v) is 4.29. The summed E-state index contributed by atoms with van der Waals surface area (Å²) in [6, 6.07) is 11.9. The van der Waals surface area contributed by atoms with Crippen LogP contribution < -0.4 is 10.1 Å². The number of hydrogen-bond acceptors (Lipinski definition) is 5.